The monoisotopic (exact) mass is 244 g/mol. The molecule has 0 atom stereocenters. The van der Waals surface area contributed by atoms with Crippen molar-refractivity contribution in [3.63, 3.8) is 0 Å². The van der Waals surface area contributed by atoms with Gasteiger partial charge >= 0.3 is 5.97 Å². The van der Waals surface area contributed by atoms with Crippen LogP contribution in [0.2, 0.25) is 0 Å². The zero-order valence-corrected chi connectivity index (χ0v) is 9.61. The van der Waals surface area contributed by atoms with Crippen molar-refractivity contribution < 1.29 is 9.53 Å². The number of carbonyl (C=O) groups is 1. The van der Waals surface area contributed by atoms with E-state index in [4.69, 9.17) is 4.74 Å². The van der Waals surface area contributed by atoms with Gasteiger partial charge in [0.05, 0.1) is 6.54 Å². The largest absolute Gasteiger partial charge is 0.459 e. The summed E-state index contributed by atoms with van der Waals surface area (Å²) in [7, 11) is 0. The van der Waals surface area contributed by atoms with Gasteiger partial charge in [-0.15, -0.1) is 5.10 Å². The number of hydrogen-bond acceptors (Lipinski definition) is 6. The lowest BCUT2D eigenvalue weighted by atomic mass is 10.3. The number of pyridine rings is 1. The van der Waals surface area contributed by atoms with Crippen molar-refractivity contribution in [2.45, 2.75) is 0 Å². The van der Waals surface area contributed by atoms with Gasteiger partial charge in [0, 0.05) is 12.4 Å². The molecule has 2 rings (SSSR count). The van der Waals surface area contributed by atoms with Crippen LogP contribution in [0.15, 0.2) is 42.7 Å². The number of hydrogen-bond donors (Lipinski definition) is 1. The van der Waals surface area contributed by atoms with Crippen molar-refractivity contribution in [2.24, 2.45) is 0 Å². The lowest BCUT2D eigenvalue weighted by molar-refractivity contribution is 0.0513. The summed E-state index contributed by atoms with van der Waals surface area (Å²) in [6, 6.07) is 8.65. The van der Waals surface area contributed by atoms with Gasteiger partial charge in [-0.1, -0.05) is 6.07 Å². The number of rotatable bonds is 5. The van der Waals surface area contributed by atoms with E-state index in [1.807, 2.05) is 0 Å². The second-order valence-electron chi connectivity index (χ2n) is 3.39. The Morgan fingerprint density at radius 1 is 1.22 bits per heavy atom. The van der Waals surface area contributed by atoms with Gasteiger partial charge in [-0.3, -0.25) is 0 Å². The molecule has 0 bridgehead atoms. The van der Waals surface area contributed by atoms with Gasteiger partial charge in [-0.2, -0.15) is 5.10 Å². The highest BCUT2D eigenvalue weighted by molar-refractivity contribution is 5.87. The summed E-state index contributed by atoms with van der Waals surface area (Å²) < 4.78 is 5.04. The molecule has 0 radical (unpaired) electrons. The Labute approximate surface area is 104 Å². The minimum Gasteiger partial charge on any atom is -0.459 e. The third kappa shape index (κ3) is 3.51. The molecular weight excluding hydrogens is 232 g/mol. The summed E-state index contributed by atoms with van der Waals surface area (Å²) >= 11 is 0. The molecule has 0 aliphatic rings. The molecular formula is C12H12N4O2. The van der Waals surface area contributed by atoms with Crippen molar-refractivity contribution in [3.8, 4) is 0 Å². The minimum absolute atomic E-state index is 0.242. The smallest absolute Gasteiger partial charge is 0.356 e. The van der Waals surface area contributed by atoms with Crippen molar-refractivity contribution in [2.75, 3.05) is 18.5 Å². The first-order chi connectivity index (χ1) is 8.86. The Morgan fingerprint density at radius 3 is 2.89 bits per heavy atom. The maximum atomic E-state index is 11.5. The normalized spacial score (nSPS) is 9.78. The van der Waals surface area contributed by atoms with Gasteiger partial charge in [0.1, 0.15) is 18.1 Å². The van der Waals surface area contributed by atoms with Gasteiger partial charge in [-0.05, 0) is 24.3 Å². The van der Waals surface area contributed by atoms with Crippen LogP contribution in [-0.4, -0.2) is 34.3 Å². The number of nitrogens with one attached hydrogen (secondary N) is 1. The average Bonchev–Trinajstić information content (AvgIpc) is 2.45. The molecule has 18 heavy (non-hydrogen) atoms. The topological polar surface area (TPSA) is 77.0 Å². The molecule has 0 aromatic carbocycles. The first-order valence-corrected chi connectivity index (χ1v) is 5.46. The predicted octanol–water partition coefficient (Wildman–Crippen LogP) is 1.14. The Morgan fingerprint density at radius 2 is 2.17 bits per heavy atom. The zero-order valence-electron chi connectivity index (χ0n) is 9.61. The molecule has 92 valence electrons. The number of carbonyl (C=O) groups excluding carboxylic acids is 1. The SMILES string of the molecule is O=C(OCCNc1cccnn1)c1ccccn1. The van der Waals surface area contributed by atoms with Crippen LogP contribution in [0, 0.1) is 0 Å². The summed E-state index contributed by atoms with van der Waals surface area (Å²) in [6.07, 6.45) is 3.14. The first-order valence-electron chi connectivity index (χ1n) is 5.46. The summed E-state index contributed by atoms with van der Waals surface area (Å²) in [6.45, 7) is 0.712. The van der Waals surface area contributed by atoms with Crippen LogP contribution in [0.3, 0.4) is 0 Å². The maximum Gasteiger partial charge on any atom is 0.356 e. The van der Waals surface area contributed by atoms with Crippen molar-refractivity contribution in [1.29, 1.82) is 0 Å². The van der Waals surface area contributed by atoms with Crippen molar-refractivity contribution in [1.82, 2.24) is 15.2 Å². The van der Waals surface area contributed by atoms with Crippen molar-refractivity contribution in [3.05, 3.63) is 48.4 Å². The predicted molar refractivity (Wildman–Crippen MR) is 65.0 cm³/mol. The lowest BCUT2D eigenvalue weighted by Gasteiger charge is -2.05. The summed E-state index contributed by atoms with van der Waals surface area (Å²) in [4.78, 5) is 15.4. The van der Waals surface area contributed by atoms with Crippen LogP contribution in [0.5, 0.6) is 0 Å². The number of ether oxygens (including phenoxy) is 1. The fourth-order valence-electron chi connectivity index (χ4n) is 1.28. The van der Waals surface area contributed by atoms with E-state index in [2.05, 4.69) is 20.5 Å². The number of anilines is 1. The molecule has 6 heteroatoms. The highest BCUT2D eigenvalue weighted by Crippen LogP contribution is 1.98. The van der Waals surface area contributed by atoms with Crippen LogP contribution >= 0.6 is 0 Å². The highest BCUT2D eigenvalue weighted by atomic mass is 16.5. The van der Waals surface area contributed by atoms with Crippen LogP contribution in [-0.2, 0) is 4.74 Å². The van der Waals surface area contributed by atoms with Gasteiger partial charge < -0.3 is 10.1 Å². The van der Waals surface area contributed by atoms with Gasteiger partial charge in [-0.25, -0.2) is 9.78 Å². The second kappa shape index (κ2) is 6.29. The molecule has 0 aliphatic carbocycles. The Bertz CT molecular complexity index is 490. The fraction of sp³-hybridized carbons (Fsp3) is 0.167. The first kappa shape index (κ1) is 12.0. The number of esters is 1. The van der Waals surface area contributed by atoms with Crippen LogP contribution in [0.4, 0.5) is 5.82 Å². The molecule has 0 saturated carbocycles. The molecule has 0 saturated heterocycles. The third-order valence-corrected chi connectivity index (χ3v) is 2.09. The number of nitrogens with zero attached hydrogens (tertiary/aromatic N) is 3. The standard InChI is InChI=1S/C12H12N4O2/c17-12(10-4-1-2-6-13-10)18-9-8-14-11-5-3-7-15-16-11/h1-7H,8-9H2,(H,14,16). The number of aromatic nitrogens is 3. The van der Waals surface area contributed by atoms with E-state index < -0.39 is 5.97 Å². The Hall–Kier alpha value is -2.50. The van der Waals surface area contributed by atoms with Crippen LogP contribution < -0.4 is 5.32 Å². The lowest BCUT2D eigenvalue weighted by Crippen LogP contribution is -2.15. The molecule has 0 amide bonds. The Kier molecular flexibility index (Phi) is 4.18. The third-order valence-electron chi connectivity index (χ3n) is 2.09. The molecule has 6 nitrogen and oxygen atoms in total. The van der Waals surface area contributed by atoms with E-state index >= 15 is 0 Å². The molecule has 2 heterocycles. The van der Waals surface area contributed by atoms with E-state index in [0.717, 1.165) is 0 Å². The quantitative estimate of drug-likeness (QED) is 0.627. The van der Waals surface area contributed by atoms with E-state index in [-0.39, 0.29) is 6.61 Å². The van der Waals surface area contributed by atoms with Crippen LogP contribution in [0.1, 0.15) is 10.5 Å². The molecule has 0 aliphatic heterocycles. The van der Waals surface area contributed by atoms with Crippen LogP contribution in [0.25, 0.3) is 0 Å². The molecule has 0 fully saturated rings. The van der Waals surface area contributed by atoms with E-state index in [1.54, 1.807) is 42.7 Å². The molecule has 0 spiro atoms. The van der Waals surface area contributed by atoms with E-state index in [9.17, 15) is 4.79 Å². The summed E-state index contributed by atoms with van der Waals surface area (Å²) in [5.74, 6) is 0.211. The molecule has 2 aromatic rings. The van der Waals surface area contributed by atoms with E-state index in [0.29, 0.717) is 18.1 Å². The highest BCUT2D eigenvalue weighted by Gasteiger charge is 2.06. The second-order valence-corrected chi connectivity index (χ2v) is 3.39. The maximum absolute atomic E-state index is 11.5. The summed E-state index contributed by atoms with van der Waals surface area (Å²) in [5, 5.41) is 10.5. The molecule has 0 unspecified atom stereocenters. The molecule has 2 aromatic heterocycles. The average molecular weight is 244 g/mol. The fourth-order valence-corrected chi connectivity index (χ4v) is 1.28. The van der Waals surface area contributed by atoms with Crippen molar-refractivity contribution >= 4 is 11.8 Å². The Balaban J connectivity index is 1.72. The zero-order chi connectivity index (χ0) is 12.6. The summed E-state index contributed by atoms with van der Waals surface area (Å²) in [5.41, 5.74) is 0.303. The van der Waals surface area contributed by atoms with Gasteiger partial charge in [0.25, 0.3) is 0 Å². The van der Waals surface area contributed by atoms with E-state index in [1.165, 1.54) is 0 Å². The molecule has 1 N–H and O–H groups in total. The minimum atomic E-state index is -0.434. The van der Waals surface area contributed by atoms with Gasteiger partial charge in [0.15, 0.2) is 0 Å². The van der Waals surface area contributed by atoms with Gasteiger partial charge in [0.2, 0.25) is 0 Å².